The molecule has 2 N–H and O–H groups in total. The van der Waals surface area contributed by atoms with E-state index in [1.54, 1.807) is 23.0 Å². The van der Waals surface area contributed by atoms with E-state index in [-0.39, 0.29) is 0 Å². The second-order valence-corrected chi connectivity index (χ2v) is 3.44. The molecule has 0 aliphatic carbocycles. The molecule has 0 saturated heterocycles. The van der Waals surface area contributed by atoms with Crippen molar-refractivity contribution in [3.05, 3.63) is 18.6 Å². The van der Waals surface area contributed by atoms with Crippen molar-refractivity contribution in [2.45, 2.75) is 13.3 Å². The van der Waals surface area contributed by atoms with Crippen molar-refractivity contribution in [2.24, 2.45) is 0 Å². The van der Waals surface area contributed by atoms with E-state index in [1.807, 2.05) is 6.92 Å². The Hall–Kier alpha value is -1.92. The number of hydrogen-bond acceptors (Lipinski definition) is 4. The van der Waals surface area contributed by atoms with Gasteiger partial charge in [0, 0.05) is 18.9 Å². The lowest BCUT2D eigenvalue weighted by atomic mass is 10.5. The highest BCUT2D eigenvalue weighted by molar-refractivity contribution is 5.65. The maximum absolute atomic E-state index is 12.2. The Kier molecular flexibility index (Phi) is 3.36. The van der Waals surface area contributed by atoms with Crippen molar-refractivity contribution < 1.29 is 8.78 Å². The van der Waals surface area contributed by atoms with Gasteiger partial charge in [0.05, 0.1) is 12.7 Å². The van der Waals surface area contributed by atoms with Crippen LogP contribution < -0.4 is 10.6 Å². The molecule has 0 spiro atoms. The molecular formula is C10H13F2N5. The Balaban J connectivity index is 2.32. The molecule has 0 aromatic carbocycles. The van der Waals surface area contributed by atoms with Gasteiger partial charge >= 0.3 is 0 Å². The summed E-state index contributed by atoms with van der Waals surface area (Å²) < 4.78 is 26.1. The first kappa shape index (κ1) is 11.6. The monoisotopic (exact) mass is 241 g/mol. The Morgan fingerprint density at radius 1 is 1.41 bits per heavy atom. The molecule has 0 aliphatic heterocycles. The zero-order valence-electron chi connectivity index (χ0n) is 9.32. The van der Waals surface area contributed by atoms with E-state index in [4.69, 9.17) is 0 Å². The maximum Gasteiger partial charge on any atom is 0.255 e. The van der Waals surface area contributed by atoms with Crippen LogP contribution in [0, 0.1) is 0 Å². The predicted octanol–water partition coefficient (Wildman–Crippen LogP) is 1.84. The molecule has 0 amide bonds. The minimum atomic E-state index is -2.42. The van der Waals surface area contributed by atoms with Gasteiger partial charge in [-0.2, -0.15) is 0 Å². The minimum Gasteiger partial charge on any atom is -0.369 e. The summed E-state index contributed by atoms with van der Waals surface area (Å²) in [5.74, 6) is 0.975. The molecule has 0 fully saturated rings. The van der Waals surface area contributed by atoms with Crippen LogP contribution in [0.5, 0.6) is 0 Å². The lowest BCUT2D eigenvalue weighted by molar-refractivity contribution is 0.163. The van der Waals surface area contributed by atoms with Gasteiger partial charge in [-0.05, 0) is 6.92 Å². The number of rotatable bonds is 5. The highest BCUT2D eigenvalue weighted by atomic mass is 19.3. The van der Waals surface area contributed by atoms with Crippen LogP contribution in [0.3, 0.4) is 0 Å². The average Bonchev–Trinajstić information content (AvgIpc) is 2.74. The van der Waals surface area contributed by atoms with Gasteiger partial charge in [-0.1, -0.05) is 0 Å². The summed E-state index contributed by atoms with van der Waals surface area (Å²) in [6, 6.07) is 0. The van der Waals surface area contributed by atoms with Crippen LogP contribution in [-0.4, -0.2) is 33.9 Å². The second kappa shape index (κ2) is 4.94. The lowest BCUT2D eigenvalue weighted by Crippen LogP contribution is -2.13. The van der Waals surface area contributed by atoms with Crippen molar-refractivity contribution in [2.75, 3.05) is 23.7 Å². The van der Waals surface area contributed by atoms with Crippen LogP contribution in [0.15, 0.2) is 18.6 Å². The largest absolute Gasteiger partial charge is 0.369 e. The van der Waals surface area contributed by atoms with E-state index >= 15 is 0 Å². The fourth-order valence-corrected chi connectivity index (χ4v) is 1.49. The Labute approximate surface area is 96.9 Å². The second-order valence-electron chi connectivity index (χ2n) is 3.44. The van der Waals surface area contributed by atoms with E-state index in [2.05, 4.69) is 20.6 Å². The standard InChI is InChI=1S/C10H13F2N5/c1-2-13-8-6-17-4-3-14-10(17)9(16-8)15-5-7(11)12/h3-4,6-7,13H,2,5H2,1H3,(H,15,16). The topological polar surface area (TPSA) is 54.2 Å². The first-order valence-corrected chi connectivity index (χ1v) is 5.30. The van der Waals surface area contributed by atoms with Crippen LogP contribution >= 0.6 is 0 Å². The Morgan fingerprint density at radius 2 is 2.24 bits per heavy atom. The van der Waals surface area contributed by atoms with E-state index < -0.39 is 13.0 Å². The number of nitrogens with one attached hydrogen (secondary N) is 2. The van der Waals surface area contributed by atoms with Gasteiger partial charge in [0.25, 0.3) is 6.43 Å². The van der Waals surface area contributed by atoms with Crippen LogP contribution in [0.25, 0.3) is 5.65 Å². The molecule has 0 aliphatic rings. The number of hydrogen-bond donors (Lipinski definition) is 2. The van der Waals surface area contributed by atoms with Crippen molar-refractivity contribution in [3.8, 4) is 0 Å². The fourth-order valence-electron chi connectivity index (χ4n) is 1.49. The normalized spacial score (nSPS) is 11.1. The van der Waals surface area contributed by atoms with Crippen molar-refractivity contribution >= 4 is 17.3 Å². The van der Waals surface area contributed by atoms with Crippen molar-refractivity contribution in [1.29, 1.82) is 0 Å². The number of anilines is 2. The highest BCUT2D eigenvalue weighted by Gasteiger charge is 2.09. The summed E-state index contributed by atoms with van der Waals surface area (Å²) in [7, 11) is 0. The van der Waals surface area contributed by atoms with Crippen molar-refractivity contribution in [1.82, 2.24) is 14.4 Å². The number of halogens is 2. The molecule has 2 heterocycles. The minimum absolute atomic E-state index is 0.355. The molecule has 0 radical (unpaired) electrons. The zero-order valence-corrected chi connectivity index (χ0v) is 9.32. The molecule has 2 rings (SSSR count). The van der Waals surface area contributed by atoms with Crippen LogP contribution in [0.4, 0.5) is 20.4 Å². The van der Waals surface area contributed by atoms with Gasteiger partial charge in [0.1, 0.15) is 5.82 Å². The molecule has 7 heteroatoms. The fraction of sp³-hybridized carbons (Fsp3) is 0.400. The summed E-state index contributed by atoms with van der Waals surface area (Å²) in [5.41, 5.74) is 0.535. The van der Waals surface area contributed by atoms with Gasteiger partial charge in [0.2, 0.25) is 0 Å². The third-order valence-electron chi connectivity index (χ3n) is 2.16. The molecule has 5 nitrogen and oxygen atoms in total. The number of alkyl halides is 2. The smallest absolute Gasteiger partial charge is 0.255 e. The number of imidazole rings is 1. The van der Waals surface area contributed by atoms with E-state index in [0.29, 0.717) is 23.8 Å². The van der Waals surface area contributed by atoms with Gasteiger partial charge in [0.15, 0.2) is 11.5 Å². The predicted molar refractivity (Wildman–Crippen MR) is 61.6 cm³/mol. The van der Waals surface area contributed by atoms with Crippen LogP contribution in [-0.2, 0) is 0 Å². The lowest BCUT2D eigenvalue weighted by Gasteiger charge is -2.09. The summed E-state index contributed by atoms with van der Waals surface area (Å²) in [6.07, 6.45) is 2.68. The molecule has 92 valence electrons. The number of fused-ring (bicyclic) bond motifs is 1. The van der Waals surface area contributed by atoms with Crippen LogP contribution in [0.1, 0.15) is 6.92 Å². The molecule has 17 heavy (non-hydrogen) atoms. The Bertz CT molecular complexity index is 496. The highest BCUT2D eigenvalue weighted by Crippen LogP contribution is 2.16. The number of aromatic nitrogens is 3. The molecule has 0 unspecified atom stereocenters. The van der Waals surface area contributed by atoms with Crippen LogP contribution in [0.2, 0.25) is 0 Å². The Morgan fingerprint density at radius 3 is 2.94 bits per heavy atom. The molecule has 0 saturated carbocycles. The van der Waals surface area contributed by atoms with Gasteiger partial charge in [-0.3, -0.25) is 0 Å². The first-order chi connectivity index (χ1) is 8.20. The summed E-state index contributed by atoms with van der Waals surface area (Å²) in [4.78, 5) is 8.26. The SMILES string of the molecule is CCNc1cn2ccnc2c(NCC(F)F)n1. The quantitative estimate of drug-likeness (QED) is 0.838. The summed E-state index contributed by atoms with van der Waals surface area (Å²) in [5, 5.41) is 5.62. The van der Waals surface area contributed by atoms with Gasteiger partial charge < -0.3 is 15.0 Å². The van der Waals surface area contributed by atoms with E-state index in [0.717, 1.165) is 0 Å². The van der Waals surface area contributed by atoms with Gasteiger partial charge in [-0.15, -0.1) is 0 Å². The van der Waals surface area contributed by atoms with Gasteiger partial charge in [-0.25, -0.2) is 18.7 Å². The zero-order chi connectivity index (χ0) is 12.3. The van der Waals surface area contributed by atoms with E-state index in [1.165, 1.54) is 0 Å². The van der Waals surface area contributed by atoms with E-state index in [9.17, 15) is 8.78 Å². The third-order valence-corrected chi connectivity index (χ3v) is 2.16. The molecule has 0 atom stereocenters. The molecule has 0 bridgehead atoms. The first-order valence-electron chi connectivity index (χ1n) is 5.30. The molecular weight excluding hydrogens is 228 g/mol. The maximum atomic E-state index is 12.2. The summed E-state index contributed by atoms with van der Waals surface area (Å²) in [6.45, 7) is 2.21. The number of nitrogens with zero attached hydrogens (tertiary/aromatic N) is 3. The molecule has 2 aromatic rings. The summed E-state index contributed by atoms with van der Waals surface area (Å²) >= 11 is 0. The average molecular weight is 241 g/mol. The molecule has 2 aromatic heterocycles. The van der Waals surface area contributed by atoms with Crippen molar-refractivity contribution in [3.63, 3.8) is 0 Å². The third kappa shape index (κ3) is 2.61.